The lowest BCUT2D eigenvalue weighted by molar-refractivity contribution is -0.670. The van der Waals surface area contributed by atoms with Crippen molar-refractivity contribution in [2.75, 3.05) is 13.7 Å². The van der Waals surface area contributed by atoms with Gasteiger partial charge in [0.2, 0.25) is 0 Å². The zero-order valence-electron chi connectivity index (χ0n) is 11.1. The molecular weight excluding hydrogens is 241 g/mol. The van der Waals surface area contributed by atoms with E-state index in [4.69, 9.17) is 4.74 Å². The van der Waals surface area contributed by atoms with Gasteiger partial charge in [0.15, 0.2) is 0 Å². The van der Waals surface area contributed by atoms with E-state index in [1.54, 1.807) is 7.11 Å². The molecule has 3 heteroatoms. The van der Waals surface area contributed by atoms with Crippen molar-refractivity contribution >= 4 is 0 Å². The Morgan fingerprint density at radius 3 is 2.53 bits per heavy atom. The van der Waals surface area contributed by atoms with Crippen molar-refractivity contribution in [1.82, 2.24) is 0 Å². The Bertz CT molecular complexity index is 510. The first-order valence-corrected chi connectivity index (χ1v) is 6.47. The van der Waals surface area contributed by atoms with Crippen LogP contribution < -0.4 is 10.1 Å². The molecule has 0 aromatic heterocycles. The molecule has 0 atom stereocenters. The summed E-state index contributed by atoms with van der Waals surface area (Å²) in [6.45, 7) is 1.87. The smallest absolute Gasteiger partial charge is 0.127 e. The number of nitrogens with two attached hydrogens (primary N) is 1. The molecule has 0 saturated heterocycles. The number of ether oxygens (including phenoxy) is 1. The highest BCUT2D eigenvalue weighted by Gasteiger charge is 2.03. The minimum Gasteiger partial charge on any atom is -0.496 e. The minimum absolute atomic E-state index is 0.179. The van der Waals surface area contributed by atoms with Crippen molar-refractivity contribution in [1.29, 1.82) is 0 Å². The zero-order chi connectivity index (χ0) is 13.5. The van der Waals surface area contributed by atoms with Gasteiger partial charge in [0.25, 0.3) is 0 Å². The summed E-state index contributed by atoms with van der Waals surface area (Å²) in [6, 6.07) is 14.7. The first-order valence-electron chi connectivity index (χ1n) is 6.47. The second kappa shape index (κ2) is 6.90. The predicted molar refractivity (Wildman–Crippen MR) is 73.6 cm³/mol. The molecule has 0 radical (unpaired) electrons. The van der Waals surface area contributed by atoms with E-state index in [2.05, 4.69) is 11.4 Å². The highest BCUT2D eigenvalue weighted by molar-refractivity contribution is 5.32. The second-order valence-corrected chi connectivity index (χ2v) is 4.47. The van der Waals surface area contributed by atoms with Crippen LogP contribution in [-0.4, -0.2) is 13.7 Å². The van der Waals surface area contributed by atoms with Crippen LogP contribution in [0, 0.1) is 5.82 Å². The fourth-order valence-corrected chi connectivity index (χ4v) is 2.05. The lowest BCUT2D eigenvalue weighted by Crippen LogP contribution is -2.83. The molecule has 0 unspecified atom stereocenters. The van der Waals surface area contributed by atoms with Crippen LogP contribution in [-0.2, 0) is 13.0 Å². The molecule has 19 heavy (non-hydrogen) atoms. The van der Waals surface area contributed by atoms with E-state index in [1.807, 2.05) is 30.3 Å². The topological polar surface area (TPSA) is 25.8 Å². The summed E-state index contributed by atoms with van der Waals surface area (Å²) < 4.78 is 18.1. The lowest BCUT2D eigenvalue weighted by atomic mass is 10.1. The first kappa shape index (κ1) is 13.6. The molecular formula is C16H19FNO+. The molecule has 2 rings (SSSR count). The molecule has 0 fully saturated rings. The normalized spacial score (nSPS) is 10.4. The number of para-hydroxylation sites is 1. The average molecular weight is 260 g/mol. The molecule has 2 aromatic rings. The van der Waals surface area contributed by atoms with Gasteiger partial charge >= 0.3 is 0 Å². The molecule has 0 heterocycles. The van der Waals surface area contributed by atoms with Crippen LogP contribution in [0.25, 0.3) is 0 Å². The fourth-order valence-electron chi connectivity index (χ4n) is 2.05. The van der Waals surface area contributed by atoms with Crippen LogP contribution in [0.4, 0.5) is 4.39 Å². The van der Waals surface area contributed by atoms with Gasteiger partial charge in [-0.1, -0.05) is 24.3 Å². The second-order valence-electron chi connectivity index (χ2n) is 4.47. The van der Waals surface area contributed by atoms with Gasteiger partial charge in [0.1, 0.15) is 18.1 Å². The van der Waals surface area contributed by atoms with Gasteiger partial charge < -0.3 is 10.1 Å². The maximum Gasteiger partial charge on any atom is 0.127 e. The van der Waals surface area contributed by atoms with E-state index in [0.29, 0.717) is 0 Å². The molecule has 2 N–H and O–H groups in total. The Morgan fingerprint density at radius 1 is 1.05 bits per heavy atom. The molecule has 0 bridgehead atoms. The molecule has 0 aliphatic rings. The fraction of sp³-hybridized carbons (Fsp3) is 0.250. The van der Waals surface area contributed by atoms with Crippen LogP contribution in [0.2, 0.25) is 0 Å². The van der Waals surface area contributed by atoms with Crippen LogP contribution >= 0.6 is 0 Å². The molecule has 0 amide bonds. The Balaban J connectivity index is 1.79. The van der Waals surface area contributed by atoms with E-state index in [0.717, 1.165) is 30.8 Å². The van der Waals surface area contributed by atoms with Gasteiger partial charge in [-0.25, -0.2) is 4.39 Å². The number of halogens is 1. The van der Waals surface area contributed by atoms with E-state index in [1.165, 1.54) is 17.7 Å². The number of rotatable bonds is 6. The third kappa shape index (κ3) is 4.07. The predicted octanol–water partition coefficient (Wildman–Crippen LogP) is 2.14. The minimum atomic E-state index is -0.179. The van der Waals surface area contributed by atoms with Gasteiger partial charge in [0.05, 0.1) is 13.7 Å². The summed E-state index contributed by atoms with van der Waals surface area (Å²) in [5.41, 5.74) is 2.36. The number of methoxy groups -OCH3 is 1. The van der Waals surface area contributed by atoms with Crippen molar-refractivity contribution in [2.24, 2.45) is 0 Å². The van der Waals surface area contributed by atoms with Gasteiger partial charge in [-0.3, -0.25) is 0 Å². The Morgan fingerprint density at radius 2 is 1.79 bits per heavy atom. The SMILES string of the molecule is COc1ccccc1C[NH2+]CCc1ccc(F)cc1. The van der Waals surface area contributed by atoms with Gasteiger partial charge in [-0.05, 0) is 29.8 Å². The molecule has 2 nitrogen and oxygen atoms in total. The number of quaternary nitrogens is 1. The quantitative estimate of drug-likeness (QED) is 0.791. The third-order valence-corrected chi connectivity index (χ3v) is 3.11. The largest absolute Gasteiger partial charge is 0.496 e. The van der Waals surface area contributed by atoms with E-state index in [-0.39, 0.29) is 5.82 Å². The van der Waals surface area contributed by atoms with E-state index >= 15 is 0 Å². The van der Waals surface area contributed by atoms with E-state index < -0.39 is 0 Å². The van der Waals surface area contributed by atoms with Gasteiger partial charge in [0, 0.05) is 12.0 Å². The summed E-state index contributed by atoms with van der Waals surface area (Å²) in [4.78, 5) is 0. The average Bonchev–Trinajstić information content (AvgIpc) is 2.46. The Labute approximate surface area is 113 Å². The number of hydrogen-bond acceptors (Lipinski definition) is 1. The van der Waals surface area contributed by atoms with Crippen molar-refractivity contribution < 1.29 is 14.4 Å². The van der Waals surface area contributed by atoms with Crippen LogP contribution in [0.3, 0.4) is 0 Å². The van der Waals surface area contributed by atoms with E-state index in [9.17, 15) is 4.39 Å². The maximum absolute atomic E-state index is 12.8. The van der Waals surface area contributed by atoms with Gasteiger partial charge in [-0.15, -0.1) is 0 Å². The van der Waals surface area contributed by atoms with Crippen molar-refractivity contribution in [2.45, 2.75) is 13.0 Å². The van der Waals surface area contributed by atoms with Crippen LogP contribution in [0.5, 0.6) is 5.75 Å². The summed E-state index contributed by atoms with van der Waals surface area (Å²) in [5.74, 6) is 0.752. The standard InChI is InChI=1S/C16H18FNO/c1-19-16-5-3-2-4-14(16)12-18-11-10-13-6-8-15(17)9-7-13/h2-9,18H,10-12H2,1H3/p+1. The summed E-state index contributed by atoms with van der Waals surface area (Å²) >= 11 is 0. The summed E-state index contributed by atoms with van der Waals surface area (Å²) in [7, 11) is 1.69. The molecule has 0 aliphatic carbocycles. The number of benzene rings is 2. The molecule has 2 aromatic carbocycles. The summed E-state index contributed by atoms with van der Waals surface area (Å²) in [6.07, 6.45) is 0.940. The van der Waals surface area contributed by atoms with Crippen LogP contribution in [0.15, 0.2) is 48.5 Å². The highest BCUT2D eigenvalue weighted by atomic mass is 19.1. The van der Waals surface area contributed by atoms with Crippen molar-refractivity contribution in [3.05, 3.63) is 65.5 Å². The Hall–Kier alpha value is -1.87. The van der Waals surface area contributed by atoms with Crippen LogP contribution in [0.1, 0.15) is 11.1 Å². The van der Waals surface area contributed by atoms with Crippen molar-refractivity contribution in [3.63, 3.8) is 0 Å². The van der Waals surface area contributed by atoms with Crippen molar-refractivity contribution in [3.8, 4) is 5.75 Å². The molecule has 0 spiro atoms. The third-order valence-electron chi connectivity index (χ3n) is 3.11. The lowest BCUT2D eigenvalue weighted by Gasteiger charge is -2.07. The summed E-state index contributed by atoms with van der Waals surface area (Å²) in [5, 5.41) is 2.24. The monoisotopic (exact) mass is 260 g/mol. The number of hydrogen-bond donors (Lipinski definition) is 1. The molecule has 100 valence electrons. The highest BCUT2D eigenvalue weighted by Crippen LogP contribution is 2.15. The molecule has 0 saturated carbocycles. The van der Waals surface area contributed by atoms with Gasteiger partial charge in [-0.2, -0.15) is 0 Å². The molecule has 0 aliphatic heterocycles. The Kier molecular flexibility index (Phi) is 4.93. The maximum atomic E-state index is 12.8. The zero-order valence-corrected chi connectivity index (χ0v) is 11.1. The first-order chi connectivity index (χ1) is 9.29.